The summed E-state index contributed by atoms with van der Waals surface area (Å²) in [6.07, 6.45) is 7.29. The van der Waals surface area contributed by atoms with E-state index in [1.165, 1.54) is 31.2 Å². The van der Waals surface area contributed by atoms with E-state index >= 15 is 0 Å². The van der Waals surface area contributed by atoms with Gasteiger partial charge in [-0.05, 0) is 49.9 Å². The third kappa shape index (κ3) is 3.75. The molecule has 1 saturated carbocycles. The number of hydrogen-bond donors (Lipinski definition) is 0. The van der Waals surface area contributed by atoms with Gasteiger partial charge in [-0.3, -0.25) is 9.69 Å². The number of hydrogen-bond acceptors (Lipinski definition) is 3. The Hall–Kier alpha value is -1.55. The molecule has 0 N–H and O–H groups in total. The molecule has 0 spiro atoms. The zero-order valence-electron chi connectivity index (χ0n) is 15.0. The molecule has 1 aliphatic carbocycles. The van der Waals surface area contributed by atoms with Crippen LogP contribution < -0.4 is 4.74 Å². The van der Waals surface area contributed by atoms with Crippen molar-refractivity contribution in [3.8, 4) is 5.75 Å². The minimum Gasteiger partial charge on any atom is -0.497 e. The smallest absolute Gasteiger partial charge is 0.237 e. The summed E-state index contributed by atoms with van der Waals surface area (Å²) < 4.78 is 5.24. The van der Waals surface area contributed by atoms with E-state index in [0.717, 1.165) is 31.7 Å². The molecule has 0 bridgehead atoms. The van der Waals surface area contributed by atoms with Crippen molar-refractivity contribution in [1.82, 2.24) is 9.80 Å². The van der Waals surface area contributed by atoms with Crippen LogP contribution in [-0.4, -0.2) is 48.5 Å². The summed E-state index contributed by atoms with van der Waals surface area (Å²) in [4.78, 5) is 17.4. The average molecular weight is 330 g/mol. The van der Waals surface area contributed by atoms with Crippen molar-refractivity contribution in [3.05, 3.63) is 29.8 Å². The van der Waals surface area contributed by atoms with Crippen LogP contribution in [0.25, 0.3) is 0 Å². The first kappa shape index (κ1) is 17.3. The molecule has 1 aliphatic heterocycles. The number of likely N-dealkylation sites (tertiary alicyclic amines) is 1. The van der Waals surface area contributed by atoms with Gasteiger partial charge in [-0.25, -0.2) is 0 Å². The van der Waals surface area contributed by atoms with Crippen LogP contribution in [0.15, 0.2) is 24.3 Å². The van der Waals surface area contributed by atoms with Crippen molar-refractivity contribution in [1.29, 1.82) is 0 Å². The van der Waals surface area contributed by atoms with Gasteiger partial charge < -0.3 is 9.64 Å². The number of likely N-dealkylation sites (N-methyl/N-ethyl adjacent to an activating group) is 1. The molecule has 0 aromatic heterocycles. The SMILES string of the molecule is CCN(CC(=O)N1CCCC1c1ccc(OC)cc1)C1CCCC1. The Kier molecular flexibility index (Phi) is 5.77. The van der Waals surface area contributed by atoms with Crippen LogP contribution in [-0.2, 0) is 4.79 Å². The quantitative estimate of drug-likeness (QED) is 0.798. The molecule has 1 aromatic rings. The Balaban J connectivity index is 1.66. The summed E-state index contributed by atoms with van der Waals surface area (Å²) in [6, 6.07) is 9.03. The molecule has 1 unspecified atom stereocenters. The van der Waals surface area contributed by atoms with Crippen LogP contribution in [0.1, 0.15) is 57.1 Å². The lowest BCUT2D eigenvalue weighted by Gasteiger charge is -2.31. The van der Waals surface area contributed by atoms with E-state index < -0.39 is 0 Å². The molecule has 132 valence electrons. The van der Waals surface area contributed by atoms with Gasteiger partial charge in [0.1, 0.15) is 5.75 Å². The first-order valence-corrected chi connectivity index (χ1v) is 9.40. The molecule has 1 amide bonds. The number of carbonyl (C=O) groups excluding carboxylic acids is 1. The second-order valence-corrected chi connectivity index (χ2v) is 7.02. The fourth-order valence-corrected chi connectivity index (χ4v) is 4.27. The lowest BCUT2D eigenvalue weighted by molar-refractivity contribution is -0.133. The summed E-state index contributed by atoms with van der Waals surface area (Å²) in [7, 11) is 1.68. The molecule has 4 heteroatoms. The molecule has 3 rings (SSSR count). The molecule has 2 aliphatic rings. The van der Waals surface area contributed by atoms with Crippen molar-refractivity contribution in [3.63, 3.8) is 0 Å². The van der Waals surface area contributed by atoms with E-state index in [0.29, 0.717) is 18.5 Å². The molecule has 4 nitrogen and oxygen atoms in total. The van der Waals surface area contributed by atoms with E-state index in [1.54, 1.807) is 7.11 Å². The monoisotopic (exact) mass is 330 g/mol. The van der Waals surface area contributed by atoms with E-state index in [2.05, 4.69) is 28.9 Å². The fraction of sp³-hybridized carbons (Fsp3) is 0.650. The Labute approximate surface area is 145 Å². The maximum atomic E-state index is 12.9. The Morgan fingerprint density at radius 1 is 1.17 bits per heavy atom. The van der Waals surface area contributed by atoms with Crippen LogP contribution in [0.4, 0.5) is 0 Å². The van der Waals surface area contributed by atoms with Crippen molar-refractivity contribution >= 4 is 5.91 Å². The second kappa shape index (κ2) is 8.02. The Morgan fingerprint density at radius 2 is 1.88 bits per heavy atom. The van der Waals surface area contributed by atoms with E-state index in [4.69, 9.17) is 4.74 Å². The van der Waals surface area contributed by atoms with Crippen LogP contribution in [0.5, 0.6) is 5.75 Å². The van der Waals surface area contributed by atoms with Gasteiger partial charge in [-0.15, -0.1) is 0 Å². The van der Waals surface area contributed by atoms with Gasteiger partial charge in [0.05, 0.1) is 19.7 Å². The molecule has 24 heavy (non-hydrogen) atoms. The normalized spacial score (nSPS) is 21.6. The van der Waals surface area contributed by atoms with Crippen LogP contribution in [0.2, 0.25) is 0 Å². The zero-order valence-corrected chi connectivity index (χ0v) is 15.0. The number of benzene rings is 1. The molecule has 0 radical (unpaired) electrons. The summed E-state index contributed by atoms with van der Waals surface area (Å²) >= 11 is 0. The van der Waals surface area contributed by atoms with Gasteiger partial charge in [0, 0.05) is 12.6 Å². The summed E-state index contributed by atoms with van der Waals surface area (Å²) in [5.74, 6) is 1.16. The van der Waals surface area contributed by atoms with Crippen molar-refractivity contribution in [2.24, 2.45) is 0 Å². The van der Waals surface area contributed by atoms with E-state index in [-0.39, 0.29) is 6.04 Å². The predicted molar refractivity (Wildman–Crippen MR) is 96.2 cm³/mol. The van der Waals surface area contributed by atoms with Gasteiger partial charge in [-0.2, -0.15) is 0 Å². The van der Waals surface area contributed by atoms with Gasteiger partial charge in [0.15, 0.2) is 0 Å². The summed E-state index contributed by atoms with van der Waals surface area (Å²) in [5, 5.41) is 0. The highest BCUT2D eigenvalue weighted by Crippen LogP contribution is 2.33. The third-order valence-corrected chi connectivity index (χ3v) is 5.66. The second-order valence-electron chi connectivity index (χ2n) is 7.02. The van der Waals surface area contributed by atoms with Gasteiger partial charge in [0.2, 0.25) is 5.91 Å². The molecular weight excluding hydrogens is 300 g/mol. The van der Waals surface area contributed by atoms with Crippen LogP contribution in [0, 0.1) is 0 Å². The van der Waals surface area contributed by atoms with Crippen molar-refractivity contribution < 1.29 is 9.53 Å². The summed E-state index contributed by atoms with van der Waals surface area (Å²) in [5.41, 5.74) is 1.23. The Bertz CT molecular complexity index is 537. The topological polar surface area (TPSA) is 32.8 Å². The maximum Gasteiger partial charge on any atom is 0.237 e. The van der Waals surface area contributed by atoms with Crippen LogP contribution in [0.3, 0.4) is 0 Å². The highest BCUT2D eigenvalue weighted by Gasteiger charge is 2.32. The maximum absolute atomic E-state index is 12.9. The minimum absolute atomic E-state index is 0.227. The molecule has 1 aromatic carbocycles. The Morgan fingerprint density at radius 3 is 2.50 bits per heavy atom. The van der Waals surface area contributed by atoms with E-state index in [1.807, 2.05) is 12.1 Å². The van der Waals surface area contributed by atoms with Gasteiger partial charge in [-0.1, -0.05) is 31.9 Å². The van der Waals surface area contributed by atoms with Crippen LogP contribution >= 0.6 is 0 Å². The third-order valence-electron chi connectivity index (χ3n) is 5.66. The summed E-state index contributed by atoms with van der Waals surface area (Å²) in [6.45, 7) is 4.61. The molecule has 2 fully saturated rings. The highest BCUT2D eigenvalue weighted by molar-refractivity contribution is 5.79. The minimum atomic E-state index is 0.227. The predicted octanol–water partition coefficient (Wildman–Crippen LogP) is 3.62. The lowest BCUT2D eigenvalue weighted by atomic mass is 10.0. The standard InChI is InChI=1S/C20H30N2O2/c1-3-21(17-7-4-5-8-17)15-20(23)22-14-6-9-19(22)16-10-12-18(24-2)13-11-16/h10-13,17,19H,3-9,14-15H2,1-2H3. The lowest BCUT2D eigenvalue weighted by Crippen LogP contribution is -2.43. The first-order valence-electron chi connectivity index (χ1n) is 9.40. The van der Waals surface area contributed by atoms with Crippen molar-refractivity contribution in [2.45, 2.75) is 57.5 Å². The van der Waals surface area contributed by atoms with Gasteiger partial charge in [0.25, 0.3) is 0 Å². The number of nitrogens with zero attached hydrogens (tertiary/aromatic N) is 2. The first-order chi connectivity index (χ1) is 11.7. The number of rotatable bonds is 6. The number of amides is 1. The molecule has 1 heterocycles. The molecule has 1 saturated heterocycles. The average Bonchev–Trinajstić information content (AvgIpc) is 3.31. The molecular formula is C20H30N2O2. The van der Waals surface area contributed by atoms with Crippen molar-refractivity contribution in [2.75, 3.05) is 26.7 Å². The molecule has 1 atom stereocenters. The number of carbonyl (C=O) groups is 1. The highest BCUT2D eigenvalue weighted by atomic mass is 16.5. The zero-order chi connectivity index (χ0) is 16.9. The van der Waals surface area contributed by atoms with E-state index in [9.17, 15) is 4.79 Å². The largest absolute Gasteiger partial charge is 0.497 e. The number of ether oxygens (including phenoxy) is 1. The number of methoxy groups -OCH3 is 1. The van der Waals surface area contributed by atoms with Gasteiger partial charge >= 0.3 is 0 Å². The fourth-order valence-electron chi connectivity index (χ4n) is 4.27.